The molecule has 66 valence electrons. The summed E-state index contributed by atoms with van der Waals surface area (Å²) < 4.78 is 0. The molecule has 1 heterocycles. The Kier molecular flexibility index (Phi) is 4.04. The Morgan fingerprint density at radius 2 is 2.50 bits per heavy atom. The van der Waals surface area contributed by atoms with Crippen LogP contribution in [-0.4, -0.2) is 26.9 Å². The molecule has 0 aromatic carbocycles. The van der Waals surface area contributed by atoms with Gasteiger partial charge in [-0.1, -0.05) is 0 Å². The summed E-state index contributed by atoms with van der Waals surface area (Å²) in [5.41, 5.74) is 0. The maximum atomic E-state index is 8.98. The number of aliphatic hydroxyl groups is 1. The van der Waals surface area contributed by atoms with Crippen molar-refractivity contribution in [1.82, 2.24) is 9.97 Å². The van der Waals surface area contributed by atoms with Crippen molar-refractivity contribution < 1.29 is 5.11 Å². The molecule has 0 saturated heterocycles. The molecular weight excluding hydrogens is 172 g/mol. The zero-order valence-electron chi connectivity index (χ0n) is 6.97. The smallest absolute Gasteiger partial charge is 0.116 e. The van der Waals surface area contributed by atoms with Crippen molar-refractivity contribution in [3.8, 4) is 0 Å². The molecule has 0 aliphatic heterocycles. The van der Waals surface area contributed by atoms with Crippen LogP contribution in [0.4, 0.5) is 0 Å². The first-order valence-corrected chi connectivity index (χ1v) is 4.84. The fourth-order valence-corrected chi connectivity index (χ4v) is 1.64. The summed E-state index contributed by atoms with van der Waals surface area (Å²) in [6.45, 7) is 1.79. The second kappa shape index (κ2) is 5.11. The minimum atomic E-state index is -0.223. The molecule has 0 radical (unpaired) electrons. The molecule has 0 saturated carbocycles. The Hall–Kier alpha value is -0.610. The molecule has 1 aromatic rings. The van der Waals surface area contributed by atoms with Crippen LogP contribution in [-0.2, 0) is 0 Å². The zero-order valence-corrected chi connectivity index (χ0v) is 7.79. The van der Waals surface area contributed by atoms with E-state index in [4.69, 9.17) is 5.11 Å². The first-order valence-electron chi connectivity index (χ1n) is 3.86. The fraction of sp³-hybridized carbons (Fsp3) is 0.500. The van der Waals surface area contributed by atoms with E-state index in [9.17, 15) is 0 Å². The third kappa shape index (κ3) is 3.69. The second-order valence-corrected chi connectivity index (χ2v) is 3.65. The number of hydrogen-bond donors (Lipinski definition) is 1. The van der Waals surface area contributed by atoms with Gasteiger partial charge in [0, 0.05) is 11.9 Å². The van der Waals surface area contributed by atoms with E-state index < -0.39 is 0 Å². The molecule has 0 amide bonds. The summed E-state index contributed by atoms with van der Waals surface area (Å²) in [4.78, 5) is 7.86. The lowest BCUT2D eigenvalue weighted by atomic mass is 10.3. The van der Waals surface area contributed by atoms with Crippen LogP contribution in [0.2, 0.25) is 0 Å². The molecule has 3 nitrogen and oxygen atoms in total. The van der Waals surface area contributed by atoms with Gasteiger partial charge in [0.2, 0.25) is 0 Å². The molecule has 0 aliphatic carbocycles. The van der Waals surface area contributed by atoms with Crippen molar-refractivity contribution in [2.45, 2.75) is 24.5 Å². The van der Waals surface area contributed by atoms with Gasteiger partial charge < -0.3 is 5.11 Å². The molecular formula is C8H12N2OS. The predicted octanol–water partition coefficient (Wildman–Crippen LogP) is 1.34. The third-order valence-electron chi connectivity index (χ3n) is 1.34. The summed E-state index contributed by atoms with van der Waals surface area (Å²) in [6, 6.07) is 1.87. The Balaban J connectivity index is 2.25. The average molecular weight is 184 g/mol. The van der Waals surface area contributed by atoms with Crippen molar-refractivity contribution >= 4 is 11.8 Å². The number of rotatable bonds is 4. The first kappa shape index (κ1) is 9.48. The summed E-state index contributed by atoms with van der Waals surface area (Å²) >= 11 is 1.64. The van der Waals surface area contributed by atoms with Crippen molar-refractivity contribution in [3.05, 3.63) is 18.6 Å². The molecule has 1 rings (SSSR count). The van der Waals surface area contributed by atoms with Crippen LogP contribution in [0.15, 0.2) is 23.6 Å². The van der Waals surface area contributed by atoms with Crippen molar-refractivity contribution in [2.24, 2.45) is 0 Å². The van der Waals surface area contributed by atoms with Gasteiger partial charge in [0.25, 0.3) is 0 Å². The van der Waals surface area contributed by atoms with E-state index in [1.807, 2.05) is 6.07 Å². The quantitative estimate of drug-likeness (QED) is 0.566. The molecule has 0 fully saturated rings. The van der Waals surface area contributed by atoms with Crippen LogP contribution in [0.3, 0.4) is 0 Å². The number of hydrogen-bond acceptors (Lipinski definition) is 4. The number of nitrogens with zero attached hydrogens (tertiary/aromatic N) is 2. The third-order valence-corrected chi connectivity index (χ3v) is 2.32. The SMILES string of the molecule is CC(O)CCSc1ccncn1. The molecule has 1 unspecified atom stereocenters. The van der Waals surface area contributed by atoms with Crippen LogP contribution < -0.4 is 0 Å². The van der Waals surface area contributed by atoms with Gasteiger partial charge in [-0.15, -0.1) is 11.8 Å². The van der Waals surface area contributed by atoms with E-state index in [2.05, 4.69) is 9.97 Å². The predicted molar refractivity (Wildman–Crippen MR) is 49.1 cm³/mol. The summed E-state index contributed by atoms with van der Waals surface area (Å²) in [5, 5.41) is 9.95. The van der Waals surface area contributed by atoms with Crippen LogP contribution in [0.5, 0.6) is 0 Å². The Bertz CT molecular complexity index is 216. The lowest BCUT2D eigenvalue weighted by molar-refractivity contribution is 0.192. The number of aliphatic hydroxyl groups excluding tert-OH is 1. The highest BCUT2D eigenvalue weighted by Crippen LogP contribution is 2.14. The van der Waals surface area contributed by atoms with Crippen LogP contribution in [0.1, 0.15) is 13.3 Å². The largest absolute Gasteiger partial charge is 0.393 e. The van der Waals surface area contributed by atoms with E-state index in [-0.39, 0.29) is 6.10 Å². The van der Waals surface area contributed by atoms with E-state index in [0.717, 1.165) is 17.2 Å². The van der Waals surface area contributed by atoms with Crippen LogP contribution in [0, 0.1) is 0 Å². The van der Waals surface area contributed by atoms with E-state index in [1.54, 1.807) is 24.9 Å². The van der Waals surface area contributed by atoms with Gasteiger partial charge >= 0.3 is 0 Å². The molecule has 0 spiro atoms. The maximum absolute atomic E-state index is 8.98. The Morgan fingerprint density at radius 1 is 1.67 bits per heavy atom. The van der Waals surface area contributed by atoms with Crippen molar-refractivity contribution in [1.29, 1.82) is 0 Å². The molecule has 0 bridgehead atoms. The summed E-state index contributed by atoms with van der Waals surface area (Å²) in [6.07, 6.45) is 3.83. The minimum Gasteiger partial charge on any atom is -0.393 e. The lowest BCUT2D eigenvalue weighted by Crippen LogP contribution is -2.00. The van der Waals surface area contributed by atoms with Gasteiger partial charge in [0.1, 0.15) is 6.33 Å². The first-order chi connectivity index (χ1) is 5.79. The molecule has 1 N–H and O–H groups in total. The number of aromatic nitrogens is 2. The normalized spacial score (nSPS) is 12.8. The van der Waals surface area contributed by atoms with Crippen LogP contribution in [0.25, 0.3) is 0 Å². The highest BCUT2D eigenvalue weighted by Gasteiger charge is 1.97. The van der Waals surface area contributed by atoms with E-state index >= 15 is 0 Å². The second-order valence-electron chi connectivity index (χ2n) is 2.53. The molecule has 1 atom stereocenters. The maximum Gasteiger partial charge on any atom is 0.116 e. The Labute approximate surface area is 76.2 Å². The minimum absolute atomic E-state index is 0.223. The highest BCUT2D eigenvalue weighted by atomic mass is 32.2. The van der Waals surface area contributed by atoms with Gasteiger partial charge in [-0.2, -0.15) is 0 Å². The molecule has 1 aromatic heterocycles. The van der Waals surface area contributed by atoms with Gasteiger partial charge in [0.15, 0.2) is 0 Å². The summed E-state index contributed by atoms with van der Waals surface area (Å²) in [5.74, 6) is 0.898. The molecule has 12 heavy (non-hydrogen) atoms. The van der Waals surface area contributed by atoms with E-state index in [0.29, 0.717) is 0 Å². The molecule has 0 aliphatic rings. The lowest BCUT2D eigenvalue weighted by Gasteiger charge is -2.02. The monoisotopic (exact) mass is 184 g/mol. The topological polar surface area (TPSA) is 46.0 Å². The fourth-order valence-electron chi connectivity index (χ4n) is 0.698. The zero-order chi connectivity index (χ0) is 8.81. The van der Waals surface area contributed by atoms with Crippen molar-refractivity contribution in [3.63, 3.8) is 0 Å². The Morgan fingerprint density at radius 3 is 3.08 bits per heavy atom. The van der Waals surface area contributed by atoms with E-state index in [1.165, 1.54) is 6.33 Å². The summed E-state index contributed by atoms with van der Waals surface area (Å²) in [7, 11) is 0. The standard InChI is InChI=1S/C8H12N2OS/c1-7(11)3-5-12-8-2-4-9-6-10-8/h2,4,6-7,11H,3,5H2,1H3. The average Bonchev–Trinajstić information content (AvgIpc) is 2.05. The molecule has 4 heteroatoms. The van der Waals surface area contributed by atoms with Gasteiger partial charge in [0.05, 0.1) is 11.1 Å². The van der Waals surface area contributed by atoms with Crippen LogP contribution >= 0.6 is 11.8 Å². The number of thioether (sulfide) groups is 1. The van der Waals surface area contributed by atoms with Gasteiger partial charge in [-0.05, 0) is 19.4 Å². The van der Waals surface area contributed by atoms with Gasteiger partial charge in [-0.25, -0.2) is 9.97 Å². The van der Waals surface area contributed by atoms with Crippen molar-refractivity contribution in [2.75, 3.05) is 5.75 Å². The highest BCUT2D eigenvalue weighted by molar-refractivity contribution is 7.99. The van der Waals surface area contributed by atoms with Gasteiger partial charge in [-0.3, -0.25) is 0 Å².